The minimum atomic E-state index is -3.76. The molecule has 0 fully saturated rings. The van der Waals surface area contributed by atoms with Crippen LogP contribution in [-0.2, 0) is 9.84 Å². The number of nitrogens with zero attached hydrogens (tertiary/aromatic N) is 1. The molecule has 256 valence electrons. The van der Waals surface area contributed by atoms with Gasteiger partial charge in [-0.05, 0) is 113 Å². The Morgan fingerprint density at radius 1 is 0.481 bits per heavy atom. The first-order valence-electron chi connectivity index (χ1n) is 18.6. The van der Waals surface area contributed by atoms with E-state index in [1.54, 1.807) is 12.1 Å². The molecule has 11 rings (SSSR count). The lowest BCUT2D eigenvalue weighted by Crippen LogP contribution is -2.22. The highest BCUT2D eigenvalue weighted by Crippen LogP contribution is 2.54. The van der Waals surface area contributed by atoms with E-state index in [2.05, 4.69) is 140 Å². The van der Waals surface area contributed by atoms with Crippen molar-refractivity contribution >= 4 is 64.3 Å². The molecular formula is C50H33NO2S. The largest absolute Gasteiger partial charge is 0.256 e. The zero-order valence-corrected chi connectivity index (χ0v) is 30.4. The van der Waals surface area contributed by atoms with Crippen molar-refractivity contribution < 1.29 is 8.42 Å². The van der Waals surface area contributed by atoms with E-state index >= 15 is 0 Å². The van der Waals surface area contributed by atoms with E-state index in [1.807, 2.05) is 18.2 Å². The van der Waals surface area contributed by atoms with Crippen LogP contribution in [0.4, 0.5) is 5.69 Å². The molecule has 3 nitrogen and oxygen atoms in total. The predicted molar refractivity (Wildman–Crippen MR) is 224 cm³/mol. The number of aliphatic imine (C=N–C) groups is 1. The van der Waals surface area contributed by atoms with Gasteiger partial charge in [-0.1, -0.05) is 146 Å². The summed E-state index contributed by atoms with van der Waals surface area (Å²) in [7, 11) is -3.76. The topological polar surface area (TPSA) is 46.5 Å². The molecular weight excluding hydrogens is 679 g/mol. The van der Waals surface area contributed by atoms with Gasteiger partial charge in [-0.15, -0.1) is 0 Å². The van der Waals surface area contributed by atoms with Crippen LogP contribution in [0.3, 0.4) is 0 Å². The van der Waals surface area contributed by atoms with Gasteiger partial charge in [-0.3, -0.25) is 4.99 Å². The second kappa shape index (κ2) is 11.6. The van der Waals surface area contributed by atoms with Crippen molar-refractivity contribution in [3.05, 3.63) is 175 Å². The van der Waals surface area contributed by atoms with Gasteiger partial charge in [0, 0.05) is 11.3 Å². The van der Waals surface area contributed by atoms with Gasteiger partial charge < -0.3 is 0 Å². The van der Waals surface area contributed by atoms with E-state index in [0.29, 0.717) is 9.79 Å². The molecule has 2 heterocycles. The van der Waals surface area contributed by atoms with E-state index in [1.165, 1.54) is 54.6 Å². The van der Waals surface area contributed by atoms with Crippen LogP contribution in [0.5, 0.6) is 0 Å². The number of benzene rings is 9. The van der Waals surface area contributed by atoms with Crippen LogP contribution in [0.15, 0.2) is 179 Å². The van der Waals surface area contributed by atoms with Crippen molar-refractivity contribution in [2.24, 2.45) is 4.99 Å². The van der Waals surface area contributed by atoms with E-state index < -0.39 is 9.84 Å². The molecule has 0 bridgehead atoms. The molecule has 0 saturated heterocycles. The number of hydrogen-bond donors (Lipinski definition) is 0. The lowest BCUT2D eigenvalue weighted by Gasteiger charge is -2.28. The Hall–Kier alpha value is -6.36. The zero-order valence-electron chi connectivity index (χ0n) is 29.5. The highest BCUT2D eigenvalue weighted by molar-refractivity contribution is 7.91. The average Bonchev–Trinajstić information content (AvgIpc) is 3.60. The Morgan fingerprint density at radius 2 is 0.981 bits per heavy atom. The lowest BCUT2D eigenvalue weighted by atomic mass is 9.80. The Labute approximate surface area is 313 Å². The predicted octanol–water partition coefficient (Wildman–Crippen LogP) is 13.1. The van der Waals surface area contributed by atoms with Gasteiger partial charge in [0.1, 0.15) is 0 Å². The summed E-state index contributed by atoms with van der Waals surface area (Å²) in [5.41, 5.74) is 10.0. The molecule has 9 aromatic rings. The molecule has 0 radical (unpaired) electrons. The minimum Gasteiger partial charge on any atom is -0.256 e. The second-order valence-electron chi connectivity index (χ2n) is 14.4. The first-order chi connectivity index (χ1) is 26.5. The highest BCUT2D eigenvalue weighted by Gasteiger charge is 2.43. The van der Waals surface area contributed by atoms with E-state index in [0.717, 1.165) is 50.8 Å². The summed E-state index contributed by atoms with van der Waals surface area (Å²) in [5.74, 6) is -0.216. The van der Waals surface area contributed by atoms with Gasteiger partial charge in [-0.25, -0.2) is 8.42 Å². The number of rotatable bonds is 4. The summed E-state index contributed by atoms with van der Waals surface area (Å²) in [4.78, 5) is 5.77. The van der Waals surface area contributed by atoms with Crippen molar-refractivity contribution in [1.29, 1.82) is 0 Å². The minimum absolute atomic E-state index is 0.216. The van der Waals surface area contributed by atoms with Crippen molar-refractivity contribution in [3.63, 3.8) is 0 Å². The molecule has 4 heteroatoms. The molecule has 0 amide bonds. The number of fused-ring (bicyclic) bond motifs is 6. The Bertz CT molecular complexity index is 3220. The quantitative estimate of drug-likeness (QED) is 0.171. The van der Waals surface area contributed by atoms with Crippen LogP contribution in [0, 0.1) is 0 Å². The third kappa shape index (κ3) is 4.29. The molecule has 2 aliphatic heterocycles. The Morgan fingerprint density at radius 3 is 1.63 bits per heavy atom. The fraction of sp³-hybridized carbons (Fsp3) is 0.0600. The van der Waals surface area contributed by atoms with Crippen LogP contribution >= 0.6 is 0 Å². The van der Waals surface area contributed by atoms with E-state index in [4.69, 9.17) is 4.99 Å². The first-order valence-corrected chi connectivity index (χ1v) is 20.0. The summed E-state index contributed by atoms with van der Waals surface area (Å²) in [6, 6.07) is 57.2. The van der Waals surface area contributed by atoms with Gasteiger partial charge in [0.25, 0.3) is 0 Å². The monoisotopic (exact) mass is 711 g/mol. The first kappa shape index (κ1) is 31.2. The fourth-order valence-electron chi connectivity index (χ4n) is 9.39. The molecule has 1 unspecified atom stereocenters. The molecule has 0 aliphatic carbocycles. The maximum atomic E-state index is 14.4. The molecule has 0 spiro atoms. The van der Waals surface area contributed by atoms with Crippen LogP contribution in [-0.4, -0.2) is 14.1 Å². The highest BCUT2D eigenvalue weighted by atomic mass is 32.2. The van der Waals surface area contributed by atoms with E-state index in [9.17, 15) is 8.42 Å². The molecule has 2 aliphatic rings. The SMILES string of the molecule is CCC1=Nc2cccc3c2C1c1c(-c2ccc4c(-c5cccc6ccccc56)c5ccccc5c(-c5cccc6ccccc56)c4c2)cccc1S3(=O)=O. The van der Waals surface area contributed by atoms with Gasteiger partial charge in [0.15, 0.2) is 0 Å². The summed E-state index contributed by atoms with van der Waals surface area (Å²) >= 11 is 0. The van der Waals surface area contributed by atoms with Crippen molar-refractivity contribution in [1.82, 2.24) is 0 Å². The van der Waals surface area contributed by atoms with Crippen molar-refractivity contribution in [2.45, 2.75) is 29.1 Å². The third-order valence-corrected chi connectivity index (χ3v) is 13.5. The van der Waals surface area contributed by atoms with E-state index in [-0.39, 0.29) is 5.92 Å². The van der Waals surface area contributed by atoms with Crippen LogP contribution in [0.2, 0.25) is 0 Å². The van der Waals surface area contributed by atoms with Crippen molar-refractivity contribution in [3.8, 4) is 33.4 Å². The molecule has 1 atom stereocenters. The summed E-state index contributed by atoms with van der Waals surface area (Å²) in [6.45, 7) is 2.11. The summed E-state index contributed by atoms with van der Waals surface area (Å²) < 4.78 is 28.8. The molecule has 54 heavy (non-hydrogen) atoms. The van der Waals surface area contributed by atoms with Crippen LogP contribution in [0.25, 0.3) is 76.5 Å². The summed E-state index contributed by atoms with van der Waals surface area (Å²) in [5, 5.41) is 9.43. The molecule has 9 aromatic carbocycles. The van der Waals surface area contributed by atoms with Crippen LogP contribution < -0.4 is 0 Å². The smallest absolute Gasteiger partial charge is 0.207 e. The molecule has 0 aromatic heterocycles. The maximum absolute atomic E-state index is 14.4. The molecule has 0 N–H and O–H groups in total. The molecule has 0 saturated carbocycles. The maximum Gasteiger partial charge on any atom is 0.207 e. The number of sulfone groups is 1. The zero-order chi connectivity index (χ0) is 36.1. The lowest BCUT2D eigenvalue weighted by molar-refractivity contribution is 0.591. The van der Waals surface area contributed by atoms with Gasteiger partial charge in [-0.2, -0.15) is 0 Å². The van der Waals surface area contributed by atoms with Crippen molar-refractivity contribution in [2.75, 3.05) is 0 Å². The Balaban J connectivity index is 1.28. The standard InChI is InChI=1S/C50H33NO2S/c1-2-42-50-48-35(21-11-25-44(48)54(52,53)45-26-12-24-43(51-42)49(45)50)32-27-28-40-41(29-32)47(37-23-10-16-31-14-4-6-18-34(31)37)39-20-8-7-19-38(39)46(40)36-22-9-15-30-13-3-5-17-33(30)36/h3-29,50H,2H2,1H3. The Kier molecular flexibility index (Phi) is 6.68. The second-order valence-corrected chi connectivity index (χ2v) is 16.3. The van der Waals surface area contributed by atoms with Gasteiger partial charge in [0.05, 0.1) is 21.4 Å². The van der Waals surface area contributed by atoms with Gasteiger partial charge in [0.2, 0.25) is 9.84 Å². The average molecular weight is 712 g/mol. The number of hydrogen-bond acceptors (Lipinski definition) is 3. The fourth-order valence-corrected chi connectivity index (χ4v) is 11.2. The third-order valence-electron chi connectivity index (χ3n) is 11.7. The van der Waals surface area contributed by atoms with Crippen LogP contribution in [0.1, 0.15) is 30.4 Å². The normalized spacial score (nSPS) is 15.4. The van der Waals surface area contributed by atoms with Gasteiger partial charge >= 0.3 is 0 Å². The summed E-state index contributed by atoms with van der Waals surface area (Å²) in [6.07, 6.45) is 0.732.